The highest BCUT2D eigenvalue weighted by atomic mass is 16.8. The molecule has 0 aliphatic carbocycles. The van der Waals surface area contributed by atoms with Crippen molar-refractivity contribution in [3.8, 4) is 0 Å². The zero-order valence-corrected chi connectivity index (χ0v) is 8.77. The van der Waals surface area contributed by atoms with Crippen molar-refractivity contribution < 1.29 is 19.4 Å². The van der Waals surface area contributed by atoms with Crippen molar-refractivity contribution >= 4 is 6.16 Å². The Labute approximate surface area is 88.4 Å². The zero-order chi connectivity index (χ0) is 11.3. The van der Waals surface area contributed by atoms with E-state index in [9.17, 15) is 4.79 Å². The molecule has 0 aliphatic rings. The molecule has 15 heavy (non-hydrogen) atoms. The third-order valence-corrected chi connectivity index (χ3v) is 2.26. The van der Waals surface area contributed by atoms with Gasteiger partial charge in [-0.1, -0.05) is 37.3 Å². The average Bonchev–Trinajstić information content (AvgIpc) is 2.27. The summed E-state index contributed by atoms with van der Waals surface area (Å²) >= 11 is 0. The Morgan fingerprint density at radius 3 is 2.40 bits per heavy atom. The van der Waals surface area contributed by atoms with Crippen molar-refractivity contribution in [3.63, 3.8) is 0 Å². The van der Waals surface area contributed by atoms with Gasteiger partial charge in [-0.2, -0.15) is 0 Å². The highest BCUT2D eigenvalue weighted by molar-refractivity contribution is 5.57. The Balaban J connectivity index is 3.05. The van der Waals surface area contributed by atoms with Crippen LogP contribution in [0.1, 0.15) is 18.9 Å². The Bertz CT molecular complexity index is 317. The van der Waals surface area contributed by atoms with E-state index in [2.05, 4.69) is 0 Å². The zero-order valence-electron chi connectivity index (χ0n) is 8.77. The van der Waals surface area contributed by atoms with Gasteiger partial charge in [-0.3, -0.25) is 0 Å². The first-order valence-electron chi connectivity index (χ1n) is 4.67. The first-order chi connectivity index (χ1) is 7.14. The van der Waals surface area contributed by atoms with E-state index in [1.165, 1.54) is 7.11 Å². The predicted octanol–water partition coefficient (Wildman–Crippen LogP) is 2.59. The summed E-state index contributed by atoms with van der Waals surface area (Å²) in [5.74, 6) is -1.20. The molecule has 0 aromatic heterocycles. The van der Waals surface area contributed by atoms with E-state index < -0.39 is 11.9 Å². The molecule has 82 valence electrons. The van der Waals surface area contributed by atoms with Gasteiger partial charge in [-0.15, -0.1) is 0 Å². The number of hydrogen-bond donors (Lipinski definition) is 1. The van der Waals surface area contributed by atoms with E-state index in [4.69, 9.17) is 14.6 Å². The standard InChI is InChI=1S/C11H14O4/c1-3-11(14-2,15-10(12)13)9-7-5-4-6-8-9/h4-8H,3H2,1-2H3,(H,12,13). The van der Waals surface area contributed by atoms with Gasteiger partial charge in [0.25, 0.3) is 0 Å². The summed E-state index contributed by atoms with van der Waals surface area (Å²) in [4.78, 5) is 10.6. The fourth-order valence-electron chi connectivity index (χ4n) is 1.47. The van der Waals surface area contributed by atoms with Crippen LogP contribution < -0.4 is 0 Å². The summed E-state index contributed by atoms with van der Waals surface area (Å²) < 4.78 is 10.00. The van der Waals surface area contributed by atoms with Gasteiger partial charge in [0.2, 0.25) is 5.79 Å². The van der Waals surface area contributed by atoms with E-state index in [0.29, 0.717) is 12.0 Å². The minimum Gasteiger partial charge on any atom is -0.450 e. The van der Waals surface area contributed by atoms with Crippen LogP contribution in [0.15, 0.2) is 30.3 Å². The minimum atomic E-state index is -1.34. The van der Waals surface area contributed by atoms with Crippen LogP contribution in [-0.4, -0.2) is 18.4 Å². The normalized spacial score (nSPS) is 14.3. The maximum Gasteiger partial charge on any atom is 0.508 e. The topological polar surface area (TPSA) is 55.8 Å². The summed E-state index contributed by atoms with van der Waals surface area (Å²) in [5.41, 5.74) is 0.692. The van der Waals surface area contributed by atoms with Gasteiger partial charge in [0, 0.05) is 19.1 Å². The van der Waals surface area contributed by atoms with Gasteiger partial charge in [0.05, 0.1) is 0 Å². The van der Waals surface area contributed by atoms with Gasteiger partial charge >= 0.3 is 6.16 Å². The summed E-state index contributed by atoms with van der Waals surface area (Å²) in [7, 11) is 1.43. The van der Waals surface area contributed by atoms with Crippen molar-refractivity contribution in [1.82, 2.24) is 0 Å². The second kappa shape index (κ2) is 4.79. The number of benzene rings is 1. The maximum absolute atomic E-state index is 10.6. The Morgan fingerprint density at radius 1 is 1.40 bits per heavy atom. The molecular formula is C11H14O4. The van der Waals surface area contributed by atoms with Crippen molar-refractivity contribution in [2.45, 2.75) is 19.1 Å². The Kier molecular flexibility index (Phi) is 3.68. The summed E-state index contributed by atoms with van der Waals surface area (Å²) in [5, 5.41) is 8.67. The molecule has 0 amide bonds. The lowest BCUT2D eigenvalue weighted by Crippen LogP contribution is -2.33. The second-order valence-electron chi connectivity index (χ2n) is 3.04. The van der Waals surface area contributed by atoms with Gasteiger partial charge < -0.3 is 14.6 Å². The molecule has 1 aromatic rings. The molecule has 0 saturated carbocycles. The molecule has 1 unspecified atom stereocenters. The van der Waals surface area contributed by atoms with E-state index >= 15 is 0 Å². The lowest BCUT2D eigenvalue weighted by atomic mass is 10.0. The van der Waals surface area contributed by atoms with Gasteiger partial charge in [-0.25, -0.2) is 4.79 Å². The largest absolute Gasteiger partial charge is 0.508 e. The first kappa shape index (κ1) is 11.5. The lowest BCUT2D eigenvalue weighted by molar-refractivity contribution is -0.204. The van der Waals surface area contributed by atoms with Gasteiger partial charge in [0.1, 0.15) is 0 Å². The van der Waals surface area contributed by atoms with E-state index in [0.717, 1.165) is 0 Å². The smallest absolute Gasteiger partial charge is 0.450 e. The second-order valence-corrected chi connectivity index (χ2v) is 3.04. The summed E-state index contributed by atoms with van der Waals surface area (Å²) in [6.07, 6.45) is -0.928. The Hall–Kier alpha value is -1.55. The van der Waals surface area contributed by atoms with Gasteiger partial charge in [0.15, 0.2) is 0 Å². The molecule has 1 N–H and O–H groups in total. The molecule has 0 fully saturated rings. The summed E-state index contributed by atoms with van der Waals surface area (Å²) in [6.45, 7) is 1.80. The number of carbonyl (C=O) groups is 1. The molecule has 1 aromatic carbocycles. The quantitative estimate of drug-likeness (QED) is 0.613. The van der Waals surface area contributed by atoms with Crippen LogP contribution in [0, 0.1) is 0 Å². The number of hydrogen-bond acceptors (Lipinski definition) is 3. The maximum atomic E-state index is 10.6. The fraction of sp³-hybridized carbons (Fsp3) is 0.364. The molecule has 0 heterocycles. The molecule has 4 heteroatoms. The van der Waals surface area contributed by atoms with Crippen molar-refractivity contribution in [1.29, 1.82) is 0 Å². The number of carboxylic acid groups (broad SMARTS) is 1. The minimum absolute atomic E-state index is 0.416. The van der Waals surface area contributed by atoms with Crippen LogP contribution in [0.2, 0.25) is 0 Å². The van der Waals surface area contributed by atoms with E-state index in [1.807, 2.05) is 18.2 Å². The highest BCUT2D eigenvalue weighted by Crippen LogP contribution is 2.30. The molecule has 1 rings (SSSR count). The fourth-order valence-corrected chi connectivity index (χ4v) is 1.47. The molecule has 1 atom stereocenters. The molecule has 0 bridgehead atoms. The van der Waals surface area contributed by atoms with E-state index in [-0.39, 0.29) is 0 Å². The SMILES string of the molecule is CCC(OC)(OC(=O)O)c1ccccc1. The molecule has 0 saturated heterocycles. The third-order valence-electron chi connectivity index (χ3n) is 2.26. The highest BCUT2D eigenvalue weighted by Gasteiger charge is 2.34. The number of methoxy groups -OCH3 is 1. The number of ether oxygens (including phenoxy) is 2. The van der Waals surface area contributed by atoms with Crippen LogP contribution in [0.25, 0.3) is 0 Å². The van der Waals surface area contributed by atoms with Crippen LogP contribution in [0.4, 0.5) is 4.79 Å². The Morgan fingerprint density at radius 2 is 2.00 bits per heavy atom. The molecule has 0 aliphatic heterocycles. The van der Waals surface area contributed by atoms with Crippen LogP contribution in [0.5, 0.6) is 0 Å². The predicted molar refractivity (Wildman–Crippen MR) is 54.5 cm³/mol. The lowest BCUT2D eigenvalue weighted by Gasteiger charge is -2.29. The number of rotatable bonds is 4. The van der Waals surface area contributed by atoms with Crippen LogP contribution >= 0.6 is 0 Å². The van der Waals surface area contributed by atoms with Crippen LogP contribution in [-0.2, 0) is 15.3 Å². The monoisotopic (exact) mass is 210 g/mol. The summed E-state index contributed by atoms with van der Waals surface area (Å²) in [6, 6.07) is 9.01. The van der Waals surface area contributed by atoms with Crippen LogP contribution in [0.3, 0.4) is 0 Å². The third kappa shape index (κ3) is 2.47. The van der Waals surface area contributed by atoms with E-state index in [1.54, 1.807) is 19.1 Å². The average molecular weight is 210 g/mol. The molecule has 0 spiro atoms. The van der Waals surface area contributed by atoms with Crippen molar-refractivity contribution in [2.75, 3.05) is 7.11 Å². The first-order valence-corrected chi connectivity index (χ1v) is 4.67. The molecular weight excluding hydrogens is 196 g/mol. The van der Waals surface area contributed by atoms with Crippen molar-refractivity contribution in [3.05, 3.63) is 35.9 Å². The van der Waals surface area contributed by atoms with Crippen molar-refractivity contribution in [2.24, 2.45) is 0 Å². The molecule has 0 radical (unpaired) electrons. The molecule has 4 nitrogen and oxygen atoms in total. The van der Waals surface area contributed by atoms with Gasteiger partial charge in [-0.05, 0) is 0 Å².